The summed E-state index contributed by atoms with van der Waals surface area (Å²) in [7, 11) is 0. The highest BCUT2D eigenvalue weighted by molar-refractivity contribution is 5.88. The number of hydrogen-bond donors (Lipinski definition) is 0. The second-order valence-electron chi connectivity index (χ2n) is 6.51. The van der Waals surface area contributed by atoms with Crippen molar-refractivity contribution in [3.63, 3.8) is 0 Å². The molecule has 0 fully saturated rings. The van der Waals surface area contributed by atoms with Gasteiger partial charge in [-0.2, -0.15) is 0 Å². The summed E-state index contributed by atoms with van der Waals surface area (Å²) in [6.07, 6.45) is 2.87. The van der Waals surface area contributed by atoms with E-state index in [-0.39, 0.29) is 12.0 Å². The van der Waals surface area contributed by atoms with Crippen LogP contribution in [0.3, 0.4) is 0 Å². The Morgan fingerprint density at radius 3 is 2.21 bits per heavy atom. The lowest BCUT2D eigenvalue weighted by molar-refractivity contribution is -0.452. The molecule has 0 aliphatic heterocycles. The number of rotatable bonds is 8. The molecule has 0 amide bonds. The summed E-state index contributed by atoms with van der Waals surface area (Å²) in [5, 5.41) is 4.16. The molecule has 0 aliphatic rings. The summed E-state index contributed by atoms with van der Waals surface area (Å²) in [4.78, 5) is 31.5. The van der Waals surface area contributed by atoms with E-state index >= 15 is 0 Å². The van der Waals surface area contributed by atoms with Crippen LogP contribution in [0.25, 0.3) is 0 Å². The van der Waals surface area contributed by atoms with Gasteiger partial charge in [0.15, 0.2) is 0 Å². The van der Waals surface area contributed by atoms with Gasteiger partial charge in [0.2, 0.25) is 0 Å². The molecule has 0 saturated carbocycles. The van der Waals surface area contributed by atoms with Crippen molar-refractivity contribution in [1.82, 2.24) is 0 Å². The number of benzene rings is 1. The Morgan fingerprint density at radius 1 is 0.958 bits per heavy atom. The van der Waals surface area contributed by atoms with E-state index in [1.165, 1.54) is 0 Å². The first-order valence-electron chi connectivity index (χ1n) is 8.17. The minimum Gasteiger partial charge on any atom is -0.432 e. The smallest absolute Gasteiger partial charge is 0.432 e. The van der Waals surface area contributed by atoms with Gasteiger partial charge in [0.05, 0.1) is 17.2 Å². The monoisotopic (exact) mass is 338 g/mol. The molecule has 0 bridgehead atoms. The molecule has 0 aromatic heterocycles. The van der Waals surface area contributed by atoms with Crippen LogP contribution < -0.4 is 0 Å². The minimum absolute atomic E-state index is 0.0110. The van der Waals surface area contributed by atoms with Gasteiger partial charge in [-0.3, -0.25) is 4.89 Å². The molecule has 1 aromatic carbocycles. The molecule has 6 nitrogen and oxygen atoms in total. The molecule has 1 aromatic rings. The maximum absolute atomic E-state index is 11.7. The first-order valence-corrected chi connectivity index (χ1v) is 8.17. The predicted molar refractivity (Wildman–Crippen MR) is 88.2 cm³/mol. The van der Waals surface area contributed by atoms with E-state index in [0.717, 1.165) is 31.2 Å². The highest BCUT2D eigenvalue weighted by Crippen LogP contribution is 2.22. The van der Waals surface area contributed by atoms with E-state index in [1.807, 2.05) is 12.1 Å². The van der Waals surface area contributed by atoms with Crippen molar-refractivity contribution in [3.8, 4) is 0 Å². The highest BCUT2D eigenvalue weighted by Gasteiger charge is 2.16. The zero-order chi connectivity index (χ0) is 18.0. The summed E-state index contributed by atoms with van der Waals surface area (Å²) in [5.41, 5.74) is 1.37. The fourth-order valence-corrected chi connectivity index (χ4v) is 1.94. The molecule has 0 atom stereocenters. The summed E-state index contributed by atoms with van der Waals surface area (Å²) in [5.74, 6) is -0.758. The second kappa shape index (κ2) is 9.93. The molecule has 134 valence electrons. The van der Waals surface area contributed by atoms with Crippen molar-refractivity contribution >= 4 is 12.1 Å². The first-order chi connectivity index (χ1) is 11.3. The third-order valence-electron chi connectivity index (χ3n) is 3.42. The summed E-state index contributed by atoms with van der Waals surface area (Å²) >= 11 is 0. The Kier molecular flexibility index (Phi) is 8.26. The van der Waals surface area contributed by atoms with Gasteiger partial charge in [0, 0.05) is 0 Å². The zero-order valence-electron chi connectivity index (χ0n) is 14.8. The van der Waals surface area contributed by atoms with Crippen molar-refractivity contribution in [2.45, 2.75) is 58.8 Å². The second-order valence-corrected chi connectivity index (χ2v) is 6.51. The minimum atomic E-state index is -1.04. The molecular weight excluding hydrogens is 312 g/mol. The number of carbonyl (C=O) groups is 2. The molecule has 1 rings (SSSR count). The number of carbonyl (C=O) groups excluding carboxylic acids is 2. The van der Waals surface area contributed by atoms with Crippen LogP contribution in [0.4, 0.5) is 4.79 Å². The van der Waals surface area contributed by atoms with E-state index in [4.69, 9.17) is 4.74 Å². The van der Waals surface area contributed by atoms with E-state index in [0.29, 0.717) is 5.56 Å². The number of hydrogen-bond acceptors (Lipinski definition) is 6. The van der Waals surface area contributed by atoms with E-state index in [9.17, 15) is 9.59 Å². The van der Waals surface area contributed by atoms with Gasteiger partial charge in [0.25, 0.3) is 0 Å². The van der Waals surface area contributed by atoms with Gasteiger partial charge in [-0.05, 0) is 29.5 Å². The molecule has 24 heavy (non-hydrogen) atoms. The molecule has 0 spiro atoms. The van der Waals surface area contributed by atoms with Crippen LogP contribution in [-0.4, -0.2) is 18.7 Å². The summed E-state index contributed by atoms with van der Waals surface area (Å²) in [6, 6.07) is 6.92. The average Bonchev–Trinajstić information content (AvgIpc) is 2.54. The van der Waals surface area contributed by atoms with Crippen LogP contribution in [0.5, 0.6) is 0 Å². The first kappa shape index (κ1) is 20.0. The quantitative estimate of drug-likeness (QED) is 0.295. The Hall–Kier alpha value is -2.08. The van der Waals surface area contributed by atoms with E-state index in [2.05, 4.69) is 42.5 Å². The molecule has 0 heterocycles. The zero-order valence-corrected chi connectivity index (χ0v) is 14.8. The number of ether oxygens (including phenoxy) is 1. The normalized spacial score (nSPS) is 11.0. The Labute approximate surface area is 142 Å². The highest BCUT2D eigenvalue weighted by atomic mass is 17.5. The Balaban J connectivity index is 2.27. The lowest BCUT2D eigenvalue weighted by Gasteiger charge is -2.18. The van der Waals surface area contributed by atoms with Crippen LogP contribution in [0.15, 0.2) is 24.3 Å². The molecular formula is C18H26O6. The predicted octanol–water partition coefficient (Wildman–Crippen LogP) is 4.72. The van der Waals surface area contributed by atoms with Gasteiger partial charge in [0.1, 0.15) is 0 Å². The standard InChI is InChI=1S/C18H26O6/c1-5-6-7-8-13-21-17(20)23-24-22-16(19)14-9-11-15(12-10-14)18(2,3)4/h9-12H,5-8,13H2,1-4H3. The number of unbranched alkanes of at least 4 members (excludes halogenated alkanes) is 3. The Morgan fingerprint density at radius 2 is 1.62 bits per heavy atom. The molecule has 6 heteroatoms. The lowest BCUT2D eigenvalue weighted by Crippen LogP contribution is -2.14. The topological polar surface area (TPSA) is 71.1 Å². The molecule has 0 saturated heterocycles. The van der Waals surface area contributed by atoms with Crippen molar-refractivity contribution in [1.29, 1.82) is 0 Å². The summed E-state index contributed by atoms with van der Waals surface area (Å²) in [6.45, 7) is 8.56. The van der Waals surface area contributed by atoms with Crippen molar-refractivity contribution in [3.05, 3.63) is 35.4 Å². The van der Waals surface area contributed by atoms with Crippen LogP contribution in [0.1, 0.15) is 69.3 Å². The van der Waals surface area contributed by atoms with Gasteiger partial charge < -0.3 is 4.74 Å². The third-order valence-corrected chi connectivity index (χ3v) is 3.42. The van der Waals surface area contributed by atoms with Gasteiger partial charge in [-0.1, -0.05) is 59.1 Å². The molecule has 0 unspecified atom stereocenters. The maximum atomic E-state index is 11.7. The third kappa shape index (κ3) is 7.46. The van der Waals surface area contributed by atoms with Crippen molar-refractivity contribution < 1.29 is 29.1 Å². The molecule has 0 radical (unpaired) electrons. The fraction of sp³-hybridized carbons (Fsp3) is 0.556. The van der Waals surface area contributed by atoms with Gasteiger partial charge in [-0.15, -0.1) is 0 Å². The maximum Gasteiger partial charge on any atom is 0.543 e. The fourth-order valence-electron chi connectivity index (χ4n) is 1.94. The van der Waals surface area contributed by atoms with Crippen LogP contribution in [0, 0.1) is 0 Å². The Bertz CT molecular complexity index is 515. The lowest BCUT2D eigenvalue weighted by atomic mass is 9.87. The SMILES string of the molecule is CCCCCCOC(=O)OOOC(=O)c1ccc(C(C)(C)C)cc1. The van der Waals surface area contributed by atoms with E-state index in [1.54, 1.807) is 12.1 Å². The molecule has 0 N–H and O–H groups in total. The van der Waals surface area contributed by atoms with Crippen molar-refractivity contribution in [2.24, 2.45) is 0 Å². The molecule has 0 aliphatic carbocycles. The van der Waals surface area contributed by atoms with E-state index < -0.39 is 12.1 Å². The van der Waals surface area contributed by atoms with Gasteiger partial charge >= 0.3 is 12.1 Å². The average molecular weight is 338 g/mol. The van der Waals surface area contributed by atoms with Crippen LogP contribution in [0.2, 0.25) is 0 Å². The van der Waals surface area contributed by atoms with Crippen LogP contribution in [-0.2, 0) is 25.0 Å². The van der Waals surface area contributed by atoms with Crippen molar-refractivity contribution in [2.75, 3.05) is 6.61 Å². The summed E-state index contributed by atoms with van der Waals surface area (Å²) < 4.78 is 4.75. The van der Waals surface area contributed by atoms with Gasteiger partial charge in [-0.25, -0.2) is 14.5 Å². The largest absolute Gasteiger partial charge is 0.543 e. The van der Waals surface area contributed by atoms with Crippen LogP contribution >= 0.6 is 0 Å².